The molecule has 114 valence electrons. The summed E-state index contributed by atoms with van der Waals surface area (Å²) in [5.74, 6) is 0.616. The number of hydrogen-bond donors (Lipinski definition) is 2. The fourth-order valence-electron chi connectivity index (χ4n) is 2.41. The largest absolute Gasteiger partial charge is 0.392 e. The van der Waals surface area contributed by atoms with Gasteiger partial charge in [-0.15, -0.1) is 0 Å². The molecule has 0 aromatic heterocycles. The lowest BCUT2D eigenvalue weighted by atomic mass is 9.84. The molecule has 0 aliphatic rings. The Morgan fingerprint density at radius 1 is 1.21 bits per heavy atom. The molecular formula is C15H32N2O2. The molecule has 0 saturated carbocycles. The van der Waals surface area contributed by atoms with Crippen molar-refractivity contribution in [3.63, 3.8) is 0 Å². The minimum Gasteiger partial charge on any atom is -0.392 e. The number of aliphatic hydroxyl groups is 1. The monoisotopic (exact) mass is 272 g/mol. The number of nitrogens with zero attached hydrogens (tertiary/aromatic N) is 1. The highest BCUT2D eigenvalue weighted by Crippen LogP contribution is 2.24. The smallest absolute Gasteiger partial charge is 0.317 e. The molecule has 0 aliphatic carbocycles. The minimum absolute atomic E-state index is 0.0859. The average Bonchev–Trinajstić information content (AvgIpc) is 2.20. The van der Waals surface area contributed by atoms with E-state index in [-0.39, 0.29) is 17.5 Å². The molecule has 4 nitrogen and oxygen atoms in total. The summed E-state index contributed by atoms with van der Waals surface area (Å²) in [7, 11) is 0. The van der Waals surface area contributed by atoms with E-state index in [0.717, 1.165) is 6.42 Å². The third-order valence-electron chi connectivity index (χ3n) is 3.02. The molecule has 0 saturated heterocycles. The van der Waals surface area contributed by atoms with Crippen LogP contribution in [0.15, 0.2) is 0 Å². The first-order chi connectivity index (χ1) is 8.55. The Labute approximate surface area is 118 Å². The van der Waals surface area contributed by atoms with E-state index < -0.39 is 6.10 Å². The molecule has 0 fully saturated rings. The Morgan fingerprint density at radius 2 is 1.74 bits per heavy atom. The van der Waals surface area contributed by atoms with Crippen LogP contribution >= 0.6 is 0 Å². The van der Waals surface area contributed by atoms with Gasteiger partial charge in [0.15, 0.2) is 0 Å². The van der Waals surface area contributed by atoms with Gasteiger partial charge in [0, 0.05) is 19.1 Å². The average molecular weight is 272 g/mol. The standard InChI is InChI=1S/C15H32N2O2/c1-11(2)8-15(6,7)10-16-14(19)17(12(3)4)9-13(5)18/h11-13,18H,8-10H2,1-7H3,(H,16,19). The van der Waals surface area contributed by atoms with E-state index >= 15 is 0 Å². The summed E-state index contributed by atoms with van der Waals surface area (Å²) in [6, 6.07) is -0.00413. The number of urea groups is 1. The Morgan fingerprint density at radius 3 is 2.11 bits per heavy atom. The molecule has 0 heterocycles. The van der Waals surface area contributed by atoms with Crippen molar-refractivity contribution in [2.45, 2.75) is 67.0 Å². The van der Waals surface area contributed by atoms with Gasteiger partial charge in [-0.3, -0.25) is 0 Å². The highest BCUT2D eigenvalue weighted by molar-refractivity contribution is 5.74. The first-order valence-corrected chi connectivity index (χ1v) is 7.27. The van der Waals surface area contributed by atoms with Gasteiger partial charge in [-0.2, -0.15) is 0 Å². The maximum absolute atomic E-state index is 12.2. The van der Waals surface area contributed by atoms with Crippen LogP contribution in [0.5, 0.6) is 0 Å². The molecule has 2 amide bonds. The predicted octanol–water partition coefficient (Wildman–Crippen LogP) is 2.86. The summed E-state index contributed by atoms with van der Waals surface area (Å²) >= 11 is 0. The van der Waals surface area contributed by atoms with Crippen LogP contribution in [-0.2, 0) is 0 Å². The van der Waals surface area contributed by atoms with E-state index in [1.54, 1.807) is 11.8 Å². The van der Waals surface area contributed by atoms with Gasteiger partial charge < -0.3 is 15.3 Å². The van der Waals surface area contributed by atoms with Gasteiger partial charge in [-0.1, -0.05) is 27.7 Å². The lowest BCUT2D eigenvalue weighted by molar-refractivity contribution is 0.116. The number of aliphatic hydroxyl groups excluding tert-OH is 1. The Balaban J connectivity index is 4.41. The maximum Gasteiger partial charge on any atom is 0.317 e. The zero-order valence-electron chi connectivity index (χ0n) is 13.7. The molecule has 0 bridgehead atoms. The maximum atomic E-state index is 12.2. The van der Waals surface area contributed by atoms with Gasteiger partial charge in [0.1, 0.15) is 0 Å². The minimum atomic E-state index is -0.503. The Kier molecular flexibility index (Phi) is 7.42. The van der Waals surface area contributed by atoms with Crippen LogP contribution in [0.4, 0.5) is 4.79 Å². The molecule has 4 heteroatoms. The van der Waals surface area contributed by atoms with Crippen molar-refractivity contribution in [2.24, 2.45) is 11.3 Å². The number of carbonyl (C=O) groups is 1. The molecule has 0 aromatic carbocycles. The van der Waals surface area contributed by atoms with Gasteiger partial charge in [0.2, 0.25) is 0 Å². The molecule has 2 N–H and O–H groups in total. The number of nitrogens with one attached hydrogen (secondary N) is 1. The molecule has 1 unspecified atom stereocenters. The Bertz CT molecular complexity index is 273. The van der Waals surface area contributed by atoms with Gasteiger partial charge in [-0.05, 0) is 38.5 Å². The third-order valence-corrected chi connectivity index (χ3v) is 3.02. The second-order valence-electron chi connectivity index (χ2n) is 7.02. The van der Waals surface area contributed by atoms with E-state index in [4.69, 9.17) is 0 Å². The lowest BCUT2D eigenvalue weighted by Gasteiger charge is -2.31. The number of carbonyl (C=O) groups excluding carboxylic acids is 1. The van der Waals surface area contributed by atoms with Crippen molar-refractivity contribution in [2.75, 3.05) is 13.1 Å². The molecule has 0 spiro atoms. The molecule has 0 rings (SSSR count). The van der Waals surface area contributed by atoms with E-state index in [2.05, 4.69) is 33.0 Å². The quantitative estimate of drug-likeness (QED) is 0.749. The van der Waals surface area contributed by atoms with E-state index in [1.165, 1.54) is 0 Å². The predicted molar refractivity (Wildman–Crippen MR) is 80.2 cm³/mol. The zero-order valence-corrected chi connectivity index (χ0v) is 13.7. The van der Waals surface area contributed by atoms with Crippen molar-refractivity contribution in [3.05, 3.63) is 0 Å². The molecule has 19 heavy (non-hydrogen) atoms. The van der Waals surface area contributed by atoms with E-state index in [0.29, 0.717) is 19.0 Å². The molecule has 0 aliphatic heterocycles. The number of rotatable bonds is 7. The highest BCUT2D eigenvalue weighted by atomic mass is 16.3. The van der Waals surface area contributed by atoms with Crippen LogP contribution in [0.2, 0.25) is 0 Å². The van der Waals surface area contributed by atoms with E-state index in [9.17, 15) is 9.90 Å². The van der Waals surface area contributed by atoms with Crippen molar-refractivity contribution >= 4 is 6.03 Å². The van der Waals surface area contributed by atoms with Gasteiger partial charge in [0.25, 0.3) is 0 Å². The van der Waals surface area contributed by atoms with Crippen molar-refractivity contribution in [1.82, 2.24) is 10.2 Å². The van der Waals surface area contributed by atoms with Crippen LogP contribution in [0.25, 0.3) is 0 Å². The third kappa shape index (κ3) is 8.09. The van der Waals surface area contributed by atoms with Crippen LogP contribution in [0, 0.1) is 11.3 Å². The highest BCUT2D eigenvalue weighted by Gasteiger charge is 2.23. The van der Waals surface area contributed by atoms with Crippen LogP contribution < -0.4 is 5.32 Å². The fraction of sp³-hybridized carbons (Fsp3) is 0.933. The normalized spacial score (nSPS) is 13.8. The summed E-state index contributed by atoms with van der Waals surface area (Å²) in [5, 5.41) is 12.4. The fourth-order valence-corrected chi connectivity index (χ4v) is 2.41. The van der Waals surface area contributed by atoms with E-state index in [1.807, 2.05) is 13.8 Å². The van der Waals surface area contributed by atoms with Crippen LogP contribution in [0.1, 0.15) is 54.9 Å². The molecular weight excluding hydrogens is 240 g/mol. The Hall–Kier alpha value is -0.770. The number of amides is 2. The summed E-state index contributed by atoms with van der Waals surface area (Å²) in [6.45, 7) is 15.4. The topological polar surface area (TPSA) is 52.6 Å². The summed E-state index contributed by atoms with van der Waals surface area (Å²) in [6.07, 6.45) is 0.572. The van der Waals surface area contributed by atoms with Gasteiger partial charge in [-0.25, -0.2) is 4.79 Å². The molecule has 0 aromatic rings. The summed E-state index contributed by atoms with van der Waals surface area (Å²) in [5.41, 5.74) is 0.0946. The van der Waals surface area contributed by atoms with Crippen LogP contribution in [-0.4, -0.2) is 41.3 Å². The SMILES string of the molecule is CC(C)CC(C)(C)CNC(=O)N(CC(C)O)C(C)C. The summed E-state index contributed by atoms with van der Waals surface area (Å²) < 4.78 is 0. The van der Waals surface area contributed by atoms with Gasteiger partial charge in [0.05, 0.1) is 6.10 Å². The van der Waals surface area contributed by atoms with Crippen molar-refractivity contribution in [3.8, 4) is 0 Å². The molecule has 0 radical (unpaired) electrons. The summed E-state index contributed by atoms with van der Waals surface area (Å²) in [4.78, 5) is 13.8. The molecule has 1 atom stereocenters. The lowest BCUT2D eigenvalue weighted by Crippen LogP contribution is -2.49. The second kappa shape index (κ2) is 7.73. The second-order valence-corrected chi connectivity index (χ2v) is 7.02. The van der Waals surface area contributed by atoms with Gasteiger partial charge >= 0.3 is 6.03 Å². The van der Waals surface area contributed by atoms with Crippen LogP contribution in [0.3, 0.4) is 0 Å². The first-order valence-electron chi connectivity index (χ1n) is 7.27. The van der Waals surface area contributed by atoms with Crippen molar-refractivity contribution < 1.29 is 9.90 Å². The van der Waals surface area contributed by atoms with Crippen molar-refractivity contribution in [1.29, 1.82) is 0 Å². The zero-order chi connectivity index (χ0) is 15.2. The number of hydrogen-bond acceptors (Lipinski definition) is 2. The first kappa shape index (κ1) is 18.2.